The molecule has 5 heteroatoms. The first-order chi connectivity index (χ1) is 8.72. The van der Waals surface area contributed by atoms with E-state index in [9.17, 15) is 0 Å². The molecule has 0 aliphatic carbocycles. The minimum atomic E-state index is 0.434. The Balaban J connectivity index is 2.05. The third-order valence-corrected chi connectivity index (χ3v) is 3.35. The number of aromatic nitrogens is 2. The highest BCUT2D eigenvalue weighted by Crippen LogP contribution is 2.25. The highest BCUT2D eigenvalue weighted by Gasteiger charge is 2.05. The van der Waals surface area contributed by atoms with Gasteiger partial charge in [-0.25, -0.2) is 0 Å². The lowest BCUT2D eigenvalue weighted by molar-refractivity contribution is 0.303. The molecule has 0 aliphatic rings. The van der Waals surface area contributed by atoms with Gasteiger partial charge in [0, 0.05) is 28.3 Å². The summed E-state index contributed by atoms with van der Waals surface area (Å²) in [5, 5.41) is 4.21. The monoisotopic (exact) mass is 328 g/mol. The fraction of sp³-hybridized carbons (Fsp3) is 0.308. The van der Waals surface area contributed by atoms with E-state index in [0.717, 1.165) is 27.9 Å². The molecule has 0 spiro atoms. The smallest absolute Gasteiger partial charge is 0.124 e. The van der Waals surface area contributed by atoms with Crippen molar-refractivity contribution in [2.45, 2.75) is 26.0 Å². The molecule has 18 heavy (non-hydrogen) atoms. The van der Waals surface area contributed by atoms with E-state index in [1.807, 2.05) is 35.3 Å². The van der Waals surface area contributed by atoms with E-state index in [0.29, 0.717) is 12.5 Å². The summed E-state index contributed by atoms with van der Waals surface area (Å²) in [5.41, 5.74) is 2.04. The average molecular weight is 330 g/mol. The zero-order valence-corrected chi connectivity index (χ0v) is 12.4. The Morgan fingerprint density at radius 2 is 2.28 bits per heavy atom. The van der Waals surface area contributed by atoms with Crippen LogP contribution < -0.4 is 4.74 Å². The van der Waals surface area contributed by atoms with Gasteiger partial charge in [-0.15, -0.1) is 11.6 Å². The van der Waals surface area contributed by atoms with Gasteiger partial charge >= 0.3 is 0 Å². The van der Waals surface area contributed by atoms with E-state index in [1.165, 1.54) is 0 Å². The van der Waals surface area contributed by atoms with Gasteiger partial charge < -0.3 is 4.74 Å². The van der Waals surface area contributed by atoms with Gasteiger partial charge in [0.2, 0.25) is 0 Å². The number of rotatable bonds is 5. The van der Waals surface area contributed by atoms with Crippen molar-refractivity contribution in [3.63, 3.8) is 0 Å². The lowest BCUT2D eigenvalue weighted by Gasteiger charge is -2.09. The number of ether oxygens (including phenoxy) is 1. The van der Waals surface area contributed by atoms with Gasteiger partial charge in [-0.3, -0.25) is 4.68 Å². The van der Waals surface area contributed by atoms with Gasteiger partial charge in [-0.05, 0) is 25.1 Å². The minimum Gasteiger partial charge on any atom is -0.488 e. The van der Waals surface area contributed by atoms with Crippen LogP contribution in [0.5, 0.6) is 5.75 Å². The summed E-state index contributed by atoms with van der Waals surface area (Å²) in [5.74, 6) is 1.25. The summed E-state index contributed by atoms with van der Waals surface area (Å²) in [6.07, 6.45) is 3.81. The second kappa shape index (κ2) is 6.25. The predicted molar refractivity (Wildman–Crippen MR) is 75.9 cm³/mol. The van der Waals surface area contributed by atoms with E-state index in [4.69, 9.17) is 16.3 Å². The maximum atomic E-state index is 5.90. The maximum absolute atomic E-state index is 5.90. The molecule has 0 saturated carbocycles. The Labute approximate surface area is 120 Å². The molecule has 1 aromatic carbocycles. The predicted octanol–water partition coefficient (Wildman–Crippen LogP) is 3.98. The van der Waals surface area contributed by atoms with Crippen LogP contribution in [0.15, 0.2) is 35.1 Å². The van der Waals surface area contributed by atoms with E-state index in [-0.39, 0.29) is 0 Å². The van der Waals surface area contributed by atoms with Gasteiger partial charge in [-0.2, -0.15) is 5.10 Å². The zero-order valence-electron chi connectivity index (χ0n) is 10.1. The average Bonchev–Trinajstić information content (AvgIpc) is 2.85. The Morgan fingerprint density at radius 1 is 1.44 bits per heavy atom. The molecule has 0 N–H and O–H groups in total. The number of aryl methyl sites for hydroxylation is 1. The summed E-state index contributed by atoms with van der Waals surface area (Å²) >= 11 is 9.31. The topological polar surface area (TPSA) is 27.1 Å². The Hall–Kier alpha value is -1.00. The van der Waals surface area contributed by atoms with E-state index < -0.39 is 0 Å². The second-order valence-corrected chi connectivity index (χ2v) is 5.06. The van der Waals surface area contributed by atoms with Crippen molar-refractivity contribution in [2.75, 3.05) is 0 Å². The Kier molecular flexibility index (Phi) is 4.66. The van der Waals surface area contributed by atoms with Crippen LogP contribution in [0.2, 0.25) is 0 Å². The molecular weight excluding hydrogens is 316 g/mol. The van der Waals surface area contributed by atoms with Crippen molar-refractivity contribution >= 4 is 27.5 Å². The SMILES string of the molecule is CCn1cc(COc2ccc(Br)cc2CCl)cn1. The van der Waals surface area contributed by atoms with Gasteiger partial charge in [0.1, 0.15) is 12.4 Å². The van der Waals surface area contributed by atoms with Crippen LogP contribution in [0.4, 0.5) is 0 Å². The molecule has 0 aliphatic heterocycles. The summed E-state index contributed by atoms with van der Waals surface area (Å²) in [6, 6.07) is 5.84. The highest BCUT2D eigenvalue weighted by molar-refractivity contribution is 9.10. The van der Waals surface area contributed by atoms with Gasteiger partial charge in [0.15, 0.2) is 0 Å². The maximum Gasteiger partial charge on any atom is 0.124 e. The lowest BCUT2D eigenvalue weighted by Crippen LogP contribution is -1.97. The first kappa shape index (κ1) is 13.4. The molecule has 0 amide bonds. The van der Waals surface area contributed by atoms with E-state index >= 15 is 0 Å². The summed E-state index contributed by atoms with van der Waals surface area (Å²) in [7, 11) is 0. The van der Waals surface area contributed by atoms with Crippen molar-refractivity contribution < 1.29 is 4.74 Å². The van der Waals surface area contributed by atoms with E-state index in [1.54, 1.807) is 0 Å². The third kappa shape index (κ3) is 3.27. The molecule has 0 atom stereocenters. The van der Waals surface area contributed by atoms with Crippen LogP contribution >= 0.6 is 27.5 Å². The Morgan fingerprint density at radius 3 is 2.94 bits per heavy atom. The first-order valence-corrected chi connectivity index (χ1v) is 7.04. The molecule has 1 aromatic heterocycles. The molecule has 0 unspecified atom stereocenters. The van der Waals surface area contributed by atoms with Crippen LogP contribution in [0, 0.1) is 0 Å². The molecule has 0 fully saturated rings. The van der Waals surface area contributed by atoms with Crippen LogP contribution in [0.25, 0.3) is 0 Å². The molecule has 2 aromatic rings. The van der Waals surface area contributed by atoms with Crippen LogP contribution in [0.3, 0.4) is 0 Å². The number of nitrogens with zero attached hydrogens (tertiary/aromatic N) is 2. The third-order valence-electron chi connectivity index (χ3n) is 2.57. The van der Waals surface area contributed by atoms with Crippen molar-refractivity contribution in [3.8, 4) is 5.75 Å². The number of benzene rings is 1. The minimum absolute atomic E-state index is 0.434. The van der Waals surface area contributed by atoms with Crippen LogP contribution in [0.1, 0.15) is 18.1 Å². The molecule has 3 nitrogen and oxygen atoms in total. The largest absolute Gasteiger partial charge is 0.488 e. The molecule has 0 radical (unpaired) electrons. The lowest BCUT2D eigenvalue weighted by atomic mass is 10.2. The first-order valence-electron chi connectivity index (χ1n) is 5.71. The van der Waals surface area contributed by atoms with Crippen molar-refractivity contribution in [1.29, 1.82) is 0 Å². The molecule has 2 rings (SSSR count). The van der Waals surface area contributed by atoms with Crippen molar-refractivity contribution in [1.82, 2.24) is 9.78 Å². The summed E-state index contributed by atoms with van der Waals surface area (Å²) in [6.45, 7) is 3.43. The fourth-order valence-corrected chi connectivity index (χ4v) is 2.23. The standard InChI is InChI=1S/C13H14BrClN2O/c1-2-17-8-10(7-16-17)9-18-13-4-3-12(14)5-11(13)6-15/h3-5,7-8H,2,6,9H2,1H3. The quantitative estimate of drug-likeness (QED) is 0.776. The highest BCUT2D eigenvalue weighted by atomic mass is 79.9. The van der Waals surface area contributed by atoms with E-state index in [2.05, 4.69) is 28.0 Å². The number of hydrogen-bond donors (Lipinski definition) is 0. The van der Waals surface area contributed by atoms with Crippen LogP contribution in [-0.2, 0) is 19.0 Å². The number of alkyl halides is 1. The number of halogens is 2. The Bertz CT molecular complexity index is 527. The molecule has 1 heterocycles. The number of hydrogen-bond acceptors (Lipinski definition) is 2. The fourth-order valence-electron chi connectivity index (χ4n) is 1.61. The summed E-state index contributed by atoms with van der Waals surface area (Å²) < 4.78 is 8.65. The van der Waals surface area contributed by atoms with Gasteiger partial charge in [0.05, 0.1) is 12.1 Å². The molecule has 0 saturated heterocycles. The second-order valence-electron chi connectivity index (χ2n) is 3.88. The van der Waals surface area contributed by atoms with Crippen LogP contribution in [-0.4, -0.2) is 9.78 Å². The summed E-state index contributed by atoms with van der Waals surface area (Å²) in [4.78, 5) is 0. The van der Waals surface area contributed by atoms with Gasteiger partial charge in [-0.1, -0.05) is 15.9 Å². The van der Waals surface area contributed by atoms with Crippen molar-refractivity contribution in [3.05, 3.63) is 46.2 Å². The normalized spacial score (nSPS) is 10.6. The van der Waals surface area contributed by atoms with Crippen molar-refractivity contribution in [2.24, 2.45) is 0 Å². The molecular formula is C13H14BrClN2O. The van der Waals surface area contributed by atoms with Gasteiger partial charge in [0.25, 0.3) is 0 Å². The molecule has 0 bridgehead atoms. The zero-order chi connectivity index (χ0) is 13.0. The molecule has 96 valence electrons.